The van der Waals surface area contributed by atoms with E-state index in [0.717, 1.165) is 34.1 Å². The lowest BCUT2D eigenvalue weighted by atomic mass is 9.95. The predicted octanol–water partition coefficient (Wildman–Crippen LogP) is 5.67. The molecule has 2 aromatic carbocycles. The zero-order valence-corrected chi connectivity index (χ0v) is 20.8. The van der Waals surface area contributed by atoms with Crippen molar-refractivity contribution in [2.24, 2.45) is 5.92 Å². The van der Waals surface area contributed by atoms with Crippen LogP contribution in [0.5, 0.6) is 0 Å². The average molecular weight is 466 g/mol. The van der Waals surface area contributed by atoms with Gasteiger partial charge in [-0.1, -0.05) is 72.1 Å². The van der Waals surface area contributed by atoms with E-state index in [1.807, 2.05) is 48.2 Å². The summed E-state index contributed by atoms with van der Waals surface area (Å²) in [5.41, 5.74) is 7.01. The molecule has 5 nitrogen and oxygen atoms in total. The van der Waals surface area contributed by atoms with Crippen LogP contribution in [0.2, 0.25) is 0 Å². The first-order chi connectivity index (χ1) is 16.8. The van der Waals surface area contributed by atoms with Gasteiger partial charge in [-0.2, -0.15) is 0 Å². The number of carbonyl (C=O) groups excluding carboxylic acids is 1. The SMILES string of the molecule is Cc1ccc(-c2c3n(c(=O)c4ncccc24)CCC(C)CN(Cc2cc(C)cc(C)c2)C3=O)cc1. The van der Waals surface area contributed by atoms with Crippen LogP contribution in [0, 0.1) is 26.7 Å². The van der Waals surface area contributed by atoms with E-state index in [1.165, 1.54) is 11.1 Å². The largest absolute Gasteiger partial charge is 0.333 e. The van der Waals surface area contributed by atoms with Crippen LogP contribution in [0.15, 0.2) is 65.6 Å². The summed E-state index contributed by atoms with van der Waals surface area (Å²) in [7, 11) is 0. The Morgan fingerprint density at radius 3 is 2.37 bits per heavy atom. The highest BCUT2D eigenvalue weighted by Crippen LogP contribution is 2.33. The number of aryl methyl sites for hydroxylation is 3. The minimum Gasteiger partial charge on any atom is -0.333 e. The van der Waals surface area contributed by atoms with Gasteiger partial charge in [0.1, 0.15) is 11.2 Å². The van der Waals surface area contributed by atoms with Crippen LogP contribution in [-0.4, -0.2) is 26.9 Å². The first kappa shape index (κ1) is 23.0. The number of rotatable bonds is 3. The highest BCUT2D eigenvalue weighted by molar-refractivity contribution is 6.07. The number of aromatic nitrogens is 2. The average Bonchev–Trinajstić information content (AvgIpc) is 2.82. The monoisotopic (exact) mass is 465 g/mol. The molecule has 3 heterocycles. The summed E-state index contributed by atoms with van der Waals surface area (Å²) in [5, 5.41) is 0.723. The molecule has 5 rings (SSSR count). The summed E-state index contributed by atoms with van der Waals surface area (Å²) in [6.07, 6.45) is 2.46. The normalized spacial score (nSPS) is 16.2. The van der Waals surface area contributed by atoms with Gasteiger partial charge in [-0.05, 0) is 50.3 Å². The Morgan fingerprint density at radius 2 is 1.66 bits per heavy atom. The quantitative estimate of drug-likeness (QED) is 0.392. The van der Waals surface area contributed by atoms with Crippen molar-refractivity contribution in [1.82, 2.24) is 14.5 Å². The van der Waals surface area contributed by atoms with Crippen molar-refractivity contribution in [3.05, 3.63) is 99.1 Å². The Labute approximate surface area is 206 Å². The molecule has 1 atom stereocenters. The van der Waals surface area contributed by atoms with Crippen LogP contribution in [0.1, 0.15) is 46.1 Å². The highest BCUT2D eigenvalue weighted by atomic mass is 16.2. The zero-order chi connectivity index (χ0) is 24.7. The van der Waals surface area contributed by atoms with Crippen LogP contribution in [-0.2, 0) is 13.1 Å². The summed E-state index contributed by atoms with van der Waals surface area (Å²) in [5.74, 6) is 0.168. The molecular formula is C30H31N3O2. The summed E-state index contributed by atoms with van der Waals surface area (Å²) >= 11 is 0. The van der Waals surface area contributed by atoms with E-state index in [2.05, 4.69) is 44.0 Å². The highest BCUT2D eigenvalue weighted by Gasteiger charge is 2.30. The second-order valence-corrected chi connectivity index (χ2v) is 10.0. The number of benzene rings is 2. The Morgan fingerprint density at radius 1 is 0.943 bits per heavy atom. The van der Waals surface area contributed by atoms with Gasteiger partial charge in [0.25, 0.3) is 11.5 Å². The zero-order valence-electron chi connectivity index (χ0n) is 20.8. The van der Waals surface area contributed by atoms with E-state index in [0.29, 0.717) is 30.8 Å². The summed E-state index contributed by atoms with van der Waals surface area (Å²) in [6.45, 7) is 10.0. The van der Waals surface area contributed by atoms with E-state index < -0.39 is 0 Å². The van der Waals surface area contributed by atoms with Crippen molar-refractivity contribution in [3.63, 3.8) is 0 Å². The smallest absolute Gasteiger partial charge is 0.277 e. The fraction of sp³-hybridized carbons (Fsp3) is 0.300. The third-order valence-corrected chi connectivity index (χ3v) is 6.89. The Bertz CT molecular complexity index is 1460. The molecule has 0 saturated heterocycles. The van der Waals surface area contributed by atoms with Crippen LogP contribution in [0.25, 0.3) is 22.0 Å². The van der Waals surface area contributed by atoms with E-state index in [4.69, 9.17) is 0 Å². The van der Waals surface area contributed by atoms with Crippen molar-refractivity contribution >= 4 is 16.8 Å². The maximum atomic E-state index is 14.3. The first-order valence-corrected chi connectivity index (χ1v) is 12.3. The maximum Gasteiger partial charge on any atom is 0.277 e. The minimum atomic E-state index is -0.194. The van der Waals surface area contributed by atoms with E-state index in [9.17, 15) is 9.59 Å². The number of pyridine rings is 2. The molecule has 5 heteroatoms. The van der Waals surface area contributed by atoms with Crippen LogP contribution in [0.3, 0.4) is 0 Å². The summed E-state index contributed by atoms with van der Waals surface area (Å²) in [6, 6.07) is 18.3. The molecule has 0 fully saturated rings. The van der Waals surface area contributed by atoms with Gasteiger partial charge >= 0.3 is 0 Å². The lowest BCUT2D eigenvalue weighted by molar-refractivity contribution is 0.0687. The van der Waals surface area contributed by atoms with Gasteiger partial charge < -0.3 is 9.47 Å². The van der Waals surface area contributed by atoms with E-state index in [-0.39, 0.29) is 17.4 Å². The lowest BCUT2D eigenvalue weighted by Crippen LogP contribution is -2.41. The molecular weight excluding hydrogens is 434 g/mol. The molecule has 0 N–H and O–H groups in total. The molecule has 4 aromatic rings. The molecule has 1 aliphatic rings. The minimum absolute atomic E-state index is 0.103. The van der Waals surface area contributed by atoms with Crippen LogP contribution < -0.4 is 5.56 Å². The van der Waals surface area contributed by atoms with Gasteiger partial charge in [-0.3, -0.25) is 14.6 Å². The van der Waals surface area contributed by atoms with Gasteiger partial charge in [0.15, 0.2) is 0 Å². The topological polar surface area (TPSA) is 55.2 Å². The fourth-order valence-electron chi connectivity index (χ4n) is 5.28. The summed E-state index contributed by atoms with van der Waals surface area (Å²) in [4.78, 5) is 34.3. The number of hydrogen-bond acceptors (Lipinski definition) is 3. The van der Waals surface area contributed by atoms with Crippen molar-refractivity contribution in [1.29, 1.82) is 0 Å². The van der Waals surface area contributed by atoms with E-state index in [1.54, 1.807) is 10.8 Å². The Kier molecular flexibility index (Phi) is 6.01. The van der Waals surface area contributed by atoms with Gasteiger partial charge in [-0.25, -0.2) is 0 Å². The third-order valence-electron chi connectivity index (χ3n) is 6.89. The predicted molar refractivity (Wildman–Crippen MR) is 141 cm³/mol. The van der Waals surface area contributed by atoms with Gasteiger partial charge in [0.05, 0.1) is 0 Å². The number of amides is 1. The van der Waals surface area contributed by atoms with E-state index >= 15 is 0 Å². The Hall–Kier alpha value is -3.73. The standard InChI is InChI=1S/C30H31N3O2/c1-19-7-9-24(10-8-19)26-25-6-5-12-31-27(25)29(34)33-13-11-20(2)17-32(30(35)28(26)33)18-23-15-21(3)14-22(4)16-23/h5-10,12,14-16,20H,11,13,17-18H2,1-4H3. The second-order valence-electron chi connectivity index (χ2n) is 10.0. The molecule has 0 bridgehead atoms. The number of fused-ring (bicyclic) bond motifs is 2. The molecule has 0 spiro atoms. The molecule has 0 saturated carbocycles. The van der Waals surface area contributed by atoms with Crippen molar-refractivity contribution in [3.8, 4) is 11.1 Å². The van der Waals surface area contributed by atoms with Crippen LogP contribution >= 0.6 is 0 Å². The fourth-order valence-corrected chi connectivity index (χ4v) is 5.28. The molecule has 1 amide bonds. The molecule has 0 radical (unpaired) electrons. The third kappa shape index (κ3) is 4.39. The lowest BCUT2D eigenvalue weighted by Gasteiger charge is -2.32. The number of hydrogen-bond donors (Lipinski definition) is 0. The molecule has 1 unspecified atom stereocenters. The maximum absolute atomic E-state index is 14.3. The molecule has 35 heavy (non-hydrogen) atoms. The van der Waals surface area contributed by atoms with Gasteiger partial charge in [0, 0.05) is 36.8 Å². The molecule has 178 valence electrons. The van der Waals surface area contributed by atoms with Crippen LogP contribution in [0.4, 0.5) is 0 Å². The van der Waals surface area contributed by atoms with Gasteiger partial charge in [-0.15, -0.1) is 0 Å². The van der Waals surface area contributed by atoms with Crippen molar-refractivity contribution in [2.45, 2.75) is 47.2 Å². The molecule has 2 aromatic heterocycles. The Balaban J connectivity index is 1.75. The van der Waals surface area contributed by atoms with Crippen molar-refractivity contribution in [2.75, 3.05) is 6.54 Å². The second kappa shape index (κ2) is 9.14. The molecule has 1 aliphatic heterocycles. The summed E-state index contributed by atoms with van der Waals surface area (Å²) < 4.78 is 1.68. The van der Waals surface area contributed by atoms with Gasteiger partial charge in [0.2, 0.25) is 0 Å². The number of nitrogens with zero attached hydrogens (tertiary/aromatic N) is 3. The molecule has 0 aliphatic carbocycles. The number of carbonyl (C=O) groups is 1. The first-order valence-electron chi connectivity index (χ1n) is 12.3. The van der Waals surface area contributed by atoms with Crippen molar-refractivity contribution < 1.29 is 4.79 Å².